The molecule has 0 aromatic carbocycles. The van der Waals surface area contributed by atoms with E-state index in [-0.39, 0.29) is 5.92 Å². The van der Waals surface area contributed by atoms with E-state index in [0.717, 1.165) is 44.9 Å². The molecule has 0 heterocycles. The van der Waals surface area contributed by atoms with Crippen molar-refractivity contribution in [1.29, 1.82) is 0 Å². The summed E-state index contributed by atoms with van der Waals surface area (Å²) in [6.07, 6.45) is 12.0. The van der Waals surface area contributed by atoms with Crippen LogP contribution in [0, 0.1) is 11.8 Å². The van der Waals surface area contributed by atoms with Gasteiger partial charge in [0.15, 0.2) is 5.92 Å². The van der Waals surface area contributed by atoms with Crippen molar-refractivity contribution in [2.45, 2.75) is 105 Å². The van der Waals surface area contributed by atoms with Gasteiger partial charge in [0.1, 0.15) is 0 Å². The SMILES string of the molecule is CCCCCCCOOC(=O)C(CC(C)CC)C(=O)OOCCCCCCC. The van der Waals surface area contributed by atoms with Crippen LogP contribution in [0.25, 0.3) is 0 Å². The molecule has 0 radical (unpaired) electrons. The van der Waals surface area contributed by atoms with E-state index >= 15 is 0 Å². The third kappa shape index (κ3) is 14.9. The lowest BCUT2D eigenvalue weighted by molar-refractivity contribution is -0.290. The second kappa shape index (κ2) is 19.2. The van der Waals surface area contributed by atoms with Crippen molar-refractivity contribution in [3.05, 3.63) is 0 Å². The molecule has 1 atom stereocenters. The van der Waals surface area contributed by atoms with Gasteiger partial charge in [-0.3, -0.25) is 9.78 Å². The van der Waals surface area contributed by atoms with Crippen molar-refractivity contribution in [3.63, 3.8) is 0 Å². The van der Waals surface area contributed by atoms with E-state index in [1.54, 1.807) is 0 Å². The zero-order valence-corrected chi connectivity index (χ0v) is 18.5. The van der Waals surface area contributed by atoms with E-state index in [1.807, 2.05) is 13.8 Å². The van der Waals surface area contributed by atoms with Gasteiger partial charge in [0.05, 0.1) is 13.2 Å². The molecule has 1 unspecified atom stereocenters. The minimum atomic E-state index is -1.02. The van der Waals surface area contributed by atoms with Crippen LogP contribution in [-0.2, 0) is 29.1 Å². The summed E-state index contributed by atoms with van der Waals surface area (Å²) in [4.78, 5) is 44.3. The predicted octanol–water partition coefficient (Wildman–Crippen LogP) is 5.93. The fourth-order valence-electron chi connectivity index (χ4n) is 2.70. The molecule has 0 fully saturated rings. The minimum absolute atomic E-state index is 0.188. The lowest BCUT2D eigenvalue weighted by atomic mass is 9.94. The van der Waals surface area contributed by atoms with E-state index < -0.39 is 17.9 Å². The lowest BCUT2D eigenvalue weighted by Crippen LogP contribution is -2.30. The van der Waals surface area contributed by atoms with Gasteiger partial charge in [0, 0.05) is 0 Å². The maximum absolute atomic E-state index is 12.3. The fourth-order valence-corrected chi connectivity index (χ4v) is 2.70. The second-order valence-electron chi connectivity index (χ2n) is 7.58. The molecule has 0 aromatic heterocycles. The largest absolute Gasteiger partial charge is 0.356 e. The molecule has 6 nitrogen and oxygen atoms in total. The molecule has 166 valence electrons. The molecule has 0 aliphatic rings. The summed E-state index contributed by atoms with van der Waals surface area (Å²) in [5, 5.41) is 0. The van der Waals surface area contributed by atoms with Gasteiger partial charge in [-0.2, -0.15) is 9.78 Å². The number of unbranched alkanes of at least 4 members (excludes halogenated alkanes) is 8. The molecular weight excluding hydrogens is 360 g/mol. The molecule has 0 amide bonds. The highest BCUT2D eigenvalue weighted by Crippen LogP contribution is 2.19. The first-order valence-corrected chi connectivity index (χ1v) is 11.2. The number of hydrogen-bond acceptors (Lipinski definition) is 6. The zero-order chi connectivity index (χ0) is 21.0. The third-order valence-electron chi connectivity index (χ3n) is 4.85. The van der Waals surface area contributed by atoms with Gasteiger partial charge in [0.25, 0.3) is 0 Å². The number of rotatable bonds is 19. The van der Waals surface area contributed by atoms with E-state index in [1.165, 1.54) is 25.7 Å². The predicted molar refractivity (Wildman–Crippen MR) is 109 cm³/mol. The van der Waals surface area contributed by atoms with E-state index in [2.05, 4.69) is 13.8 Å². The van der Waals surface area contributed by atoms with Gasteiger partial charge in [-0.15, -0.1) is 0 Å². The summed E-state index contributed by atoms with van der Waals surface area (Å²) in [6.45, 7) is 8.99. The first-order chi connectivity index (χ1) is 13.6. The Hall–Kier alpha value is -1.14. The molecule has 28 heavy (non-hydrogen) atoms. The summed E-state index contributed by atoms with van der Waals surface area (Å²) in [6, 6.07) is 0. The Balaban J connectivity index is 4.20. The molecule has 0 aliphatic heterocycles. The highest BCUT2D eigenvalue weighted by Gasteiger charge is 2.33. The maximum Gasteiger partial charge on any atom is 0.356 e. The van der Waals surface area contributed by atoms with Crippen LogP contribution in [0.15, 0.2) is 0 Å². The summed E-state index contributed by atoms with van der Waals surface area (Å²) in [5.74, 6) is -2.24. The molecule has 0 aromatic rings. The average molecular weight is 403 g/mol. The van der Waals surface area contributed by atoms with Crippen LogP contribution in [0.3, 0.4) is 0 Å². The topological polar surface area (TPSA) is 71.1 Å². The first-order valence-electron chi connectivity index (χ1n) is 11.2. The Morgan fingerprint density at radius 3 is 1.50 bits per heavy atom. The van der Waals surface area contributed by atoms with E-state index in [4.69, 9.17) is 19.6 Å². The van der Waals surface area contributed by atoms with Crippen molar-refractivity contribution < 1.29 is 29.1 Å². The molecule has 0 N–H and O–H groups in total. The number of hydrogen-bond donors (Lipinski definition) is 0. The normalized spacial score (nSPS) is 12.2. The number of carbonyl (C=O) groups is 2. The molecule has 0 spiro atoms. The van der Waals surface area contributed by atoms with Crippen LogP contribution in [0.1, 0.15) is 105 Å². The Bertz CT molecular complexity index is 355. The van der Waals surface area contributed by atoms with Gasteiger partial charge >= 0.3 is 11.9 Å². The van der Waals surface area contributed by atoms with Crippen molar-refractivity contribution in [3.8, 4) is 0 Å². The van der Waals surface area contributed by atoms with Crippen LogP contribution in [-0.4, -0.2) is 25.2 Å². The van der Waals surface area contributed by atoms with E-state index in [9.17, 15) is 9.59 Å². The second-order valence-corrected chi connectivity index (χ2v) is 7.58. The summed E-state index contributed by atoms with van der Waals surface area (Å²) < 4.78 is 0. The molecule has 0 aliphatic carbocycles. The molecule has 0 bridgehead atoms. The Morgan fingerprint density at radius 1 is 0.679 bits per heavy atom. The maximum atomic E-state index is 12.3. The van der Waals surface area contributed by atoms with Crippen molar-refractivity contribution in [2.75, 3.05) is 13.2 Å². The minimum Gasteiger partial charge on any atom is -0.297 e. The fraction of sp³-hybridized carbons (Fsp3) is 0.909. The lowest BCUT2D eigenvalue weighted by Gasteiger charge is -2.16. The van der Waals surface area contributed by atoms with Crippen molar-refractivity contribution >= 4 is 11.9 Å². The van der Waals surface area contributed by atoms with Crippen LogP contribution in [0.4, 0.5) is 0 Å². The van der Waals surface area contributed by atoms with Crippen LogP contribution in [0.5, 0.6) is 0 Å². The van der Waals surface area contributed by atoms with Gasteiger partial charge in [-0.05, 0) is 25.2 Å². The molecule has 0 rings (SSSR count). The summed E-state index contributed by atoms with van der Waals surface area (Å²) in [5.41, 5.74) is 0. The van der Waals surface area contributed by atoms with Crippen molar-refractivity contribution in [2.24, 2.45) is 11.8 Å². The Kier molecular flexibility index (Phi) is 18.4. The van der Waals surface area contributed by atoms with Gasteiger partial charge in [0.2, 0.25) is 0 Å². The zero-order valence-electron chi connectivity index (χ0n) is 18.5. The quantitative estimate of drug-likeness (QED) is 0.115. The highest BCUT2D eigenvalue weighted by atomic mass is 17.2. The summed E-state index contributed by atoms with van der Waals surface area (Å²) in [7, 11) is 0. The first kappa shape index (κ1) is 26.9. The van der Waals surface area contributed by atoms with Gasteiger partial charge < -0.3 is 0 Å². The Labute approximate surface area is 171 Å². The highest BCUT2D eigenvalue weighted by molar-refractivity contribution is 5.94. The van der Waals surface area contributed by atoms with Crippen LogP contribution >= 0.6 is 0 Å². The standard InChI is InChI=1S/C22H42O6/c1-5-8-10-12-14-16-25-27-21(23)20(18-19(4)7-3)22(24)28-26-17-15-13-11-9-6-2/h19-20H,5-18H2,1-4H3. The average Bonchev–Trinajstić information content (AvgIpc) is 2.70. The van der Waals surface area contributed by atoms with E-state index in [0.29, 0.717) is 19.6 Å². The monoisotopic (exact) mass is 402 g/mol. The van der Waals surface area contributed by atoms with Gasteiger partial charge in [-0.25, -0.2) is 9.59 Å². The number of carbonyl (C=O) groups excluding carboxylic acids is 2. The third-order valence-corrected chi connectivity index (χ3v) is 4.85. The van der Waals surface area contributed by atoms with Crippen molar-refractivity contribution in [1.82, 2.24) is 0 Å². The van der Waals surface area contributed by atoms with Crippen LogP contribution in [0.2, 0.25) is 0 Å². The molecule has 0 saturated heterocycles. The smallest absolute Gasteiger partial charge is 0.297 e. The molecule has 6 heteroatoms. The van der Waals surface area contributed by atoms with Crippen LogP contribution < -0.4 is 0 Å². The van der Waals surface area contributed by atoms with Gasteiger partial charge in [-0.1, -0.05) is 85.5 Å². The summed E-state index contributed by atoms with van der Waals surface area (Å²) >= 11 is 0. The Morgan fingerprint density at radius 2 is 1.11 bits per heavy atom. The molecular formula is C22H42O6. The molecule has 0 saturated carbocycles.